The highest BCUT2D eigenvalue weighted by Crippen LogP contribution is 2.22. The summed E-state index contributed by atoms with van der Waals surface area (Å²) in [4.78, 5) is 0. The molecule has 0 bridgehead atoms. The number of halogens is 1. The average molecular weight is 200 g/mol. The van der Waals surface area contributed by atoms with Crippen molar-refractivity contribution in [1.82, 2.24) is 0 Å². The number of aliphatic hydroxyl groups is 1. The van der Waals surface area contributed by atoms with Gasteiger partial charge in [0.05, 0.1) is 10.7 Å². The van der Waals surface area contributed by atoms with E-state index in [-0.39, 0.29) is 6.61 Å². The van der Waals surface area contributed by atoms with Gasteiger partial charge in [0.15, 0.2) is 0 Å². The lowest BCUT2D eigenvalue weighted by Gasteiger charge is -2.07. The summed E-state index contributed by atoms with van der Waals surface area (Å²) in [6.07, 6.45) is 0.740. The van der Waals surface area contributed by atoms with Crippen molar-refractivity contribution in [2.75, 3.05) is 18.5 Å². The highest BCUT2D eigenvalue weighted by molar-refractivity contribution is 6.33. The Balaban J connectivity index is 2.56. The summed E-state index contributed by atoms with van der Waals surface area (Å²) in [5.74, 6) is 0. The molecule has 2 nitrogen and oxygen atoms in total. The van der Waals surface area contributed by atoms with Crippen LogP contribution in [-0.4, -0.2) is 18.3 Å². The fourth-order valence-electron chi connectivity index (χ4n) is 1.07. The molecule has 0 radical (unpaired) electrons. The maximum Gasteiger partial charge on any atom is 0.0640 e. The molecule has 0 atom stereocenters. The maximum atomic E-state index is 8.58. The van der Waals surface area contributed by atoms with Crippen molar-refractivity contribution in [3.8, 4) is 0 Å². The second-order valence-corrected chi connectivity index (χ2v) is 3.39. The second-order valence-electron chi connectivity index (χ2n) is 2.99. The van der Waals surface area contributed by atoms with Gasteiger partial charge in [-0.3, -0.25) is 0 Å². The first-order valence-electron chi connectivity index (χ1n) is 4.35. The summed E-state index contributed by atoms with van der Waals surface area (Å²) >= 11 is 5.98. The molecule has 0 saturated heterocycles. The monoisotopic (exact) mass is 199 g/mol. The number of anilines is 1. The van der Waals surface area contributed by atoms with Crippen LogP contribution in [0.4, 0.5) is 5.69 Å². The molecule has 0 amide bonds. The lowest BCUT2D eigenvalue weighted by atomic mass is 10.2. The highest BCUT2D eigenvalue weighted by atomic mass is 35.5. The van der Waals surface area contributed by atoms with E-state index in [2.05, 4.69) is 5.32 Å². The Morgan fingerprint density at radius 2 is 2.23 bits per heavy atom. The molecule has 0 spiro atoms. The summed E-state index contributed by atoms with van der Waals surface area (Å²) in [6, 6.07) is 5.88. The average Bonchev–Trinajstić information content (AvgIpc) is 2.09. The zero-order valence-corrected chi connectivity index (χ0v) is 8.43. The lowest BCUT2D eigenvalue weighted by Crippen LogP contribution is -2.03. The third-order valence-electron chi connectivity index (χ3n) is 1.77. The van der Waals surface area contributed by atoms with Crippen LogP contribution in [0.15, 0.2) is 18.2 Å². The molecular formula is C10H14ClNO. The SMILES string of the molecule is Cc1ccc(NCCCO)c(Cl)c1. The van der Waals surface area contributed by atoms with Crippen LogP contribution in [0.3, 0.4) is 0 Å². The number of benzene rings is 1. The van der Waals surface area contributed by atoms with E-state index >= 15 is 0 Å². The van der Waals surface area contributed by atoms with Crippen molar-refractivity contribution in [2.24, 2.45) is 0 Å². The minimum absolute atomic E-state index is 0.205. The van der Waals surface area contributed by atoms with Gasteiger partial charge in [0, 0.05) is 13.2 Å². The molecule has 0 aliphatic carbocycles. The fourth-order valence-corrected chi connectivity index (χ4v) is 1.37. The topological polar surface area (TPSA) is 32.3 Å². The zero-order chi connectivity index (χ0) is 9.68. The molecule has 72 valence electrons. The molecule has 1 aromatic carbocycles. The predicted octanol–water partition coefficient (Wildman–Crippen LogP) is 2.44. The number of aliphatic hydroxyl groups excluding tert-OH is 1. The molecule has 0 aliphatic heterocycles. The summed E-state index contributed by atoms with van der Waals surface area (Å²) in [6.45, 7) is 2.96. The third-order valence-corrected chi connectivity index (χ3v) is 2.09. The number of aryl methyl sites for hydroxylation is 1. The second kappa shape index (κ2) is 5.10. The Morgan fingerprint density at radius 3 is 2.85 bits per heavy atom. The van der Waals surface area contributed by atoms with Crippen molar-refractivity contribution in [3.05, 3.63) is 28.8 Å². The van der Waals surface area contributed by atoms with Crippen LogP contribution in [0.1, 0.15) is 12.0 Å². The van der Waals surface area contributed by atoms with Crippen LogP contribution in [0.25, 0.3) is 0 Å². The number of hydrogen-bond donors (Lipinski definition) is 2. The first-order valence-corrected chi connectivity index (χ1v) is 4.72. The quantitative estimate of drug-likeness (QED) is 0.731. The molecule has 13 heavy (non-hydrogen) atoms. The van der Waals surface area contributed by atoms with E-state index in [1.165, 1.54) is 0 Å². The van der Waals surface area contributed by atoms with Crippen LogP contribution < -0.4 is 5.32 Å². The molecule has 0 heterocycles. The molecular weight excluding hydrogens is 186 g/mol. The molecule has 2 N–H and O–H groups in total. The Morgan fingerprint density at radius 1 is 1.46 bits per heavy atom. The number of nitrogens with one attached hydrogen (secondary N) is 1. The van der Waals surface area contributed by atoms with Gasteiger partial charge in [-0.1, -0.05) is 17.7 Å². The summed E-state index contributed by atoms with van der Waals surface area (Å²) < 4.78 is 0. The molecule has 0 saturated carbocycles. The van der Waals surface area contributed by atoms with E-state index in [0.717, 1.165) is 29.2 Å². The van der Waals surface area contributed by atoms with Gasteiger partial charge in [0.2, 0.25) is 0 Å². The Bertz CT molecular complexity index is 276. The van der Waals surface area contributed by atoms with Gasteiger partial charge < -0.3 is 10.4 Å². The van der Waals surface area contributed by atoms with Crippen LogP contribution in [-0.2, 0) is 0 Å². The van der Waals surface area contributed by atoms with E-state index in [9.17, 15) is 0 Å². The molecule has 1 aromatic rings. The van der Waals surface area contributed by atoms with Gasteiger partial charge in [0.1, 0.15) is 0 Å². The van der Waals surface area contributed by atoms with Gasteiger partial charge in [-0.25, -0.2) is 0 Å². The minimum atomic E-state index is 0.205. The van der Waals surface area contributed by atoms with Crippen molar-refractivity contribution >= 4 is 17.3 Å². The minimum Gasteiger partial charge on any atom is -0.396 e. The lowest BCUT2D eigenvalue weighted by molar-refractivity contribution is 0.292. The van der Waals surface area contributed by atoms with E-state index in [1.54, 1.807) is 0 Å². The van der Waals surface area contributed by atoms with E-state index < -0.39 is 0 Å². The van der Waals surface area contributed by atoms with Gasteiger partial charge in [-0.15, -0.1) is 0 Å². The van der Waals surface area contributed by atoms with E-state index in [1.807, 2.05) is 25.1 Å². The standard InChI is InChI=1S/C10H14ClNO/c1-8-3-4-10(9(11)7-8)12-5-2-6-13/h3-4,7,12-13H,2,5-6H2,1H3. The zero-order valence-electron chi connectivity index (χ0n) is 7.68. The Kier molecular flexibility index (Phi) is 4.06. The Hall–Kier alpha value is -0.730. The summed E-state index contributed by atoms with van der Waals surface area (Å²) in [7, 11) is 0. The molecule has 0 aliphatic rings. The molecule has 1 rings (SSSR count). The van der Waals surface area contributed by atoms with Crippen LogP contribution >= 0.6 is 11.6 Å². The number of hydrogen-bond acceptors (Lipinski definition) is 2. The third kappa shape index (κ3) is 3.25. The van der Waals surface area contributed by atoms with Gasteiger partial charge in [-0.2, -0.15) is 0 Å². The largest absolute Gasteiger partial charge is 0.396 e. The van der Waals surface area contributed by atoms with E-state index in [4.69, 9.17) is 16.7 Å². The van der Waals surface area contributed by atoms with Crippen molar-refractivity contribution in [3.63, 3.8) is 0 Å². The highest BCUT2D eigenvalue weighted by Gasteiger charge is 1.98. The van der Waals surface area contributed by atoms with Crippen LogP contribution in [0, 0.1) is 6.92 Å². The van der Waals surface area contributed by atoms with Crippen molar-refractivity contribution in [1.29, 1.82) is 0 Å². The molecule has 0 fully saturated rings. The molecule has 3 heteroatoms. The number of rotatable bonds is 4. The first kappa shape index (κ1) is 10.4. The predicted molar refractivity (Wildman–Crippen MR) is 56.4 cm³/mol. The van der Waals surface area contributed by atoms with E-state index in [0.29, 0.717) is 0 Å². The molecule has 0 unspecified atom stereocenters. The van der Waals surface area contributed by atoms with Gasteiger partial charge in [0.25, 0.3) is 0 Å². The van der Waals surface area contributed by atoms with Gasteiger partial charge >= 0.3 is 0 Å². The van der Waals surface area contributed by atoms with Gasteiger partial charge in [-0.05, 0) is 31.0 Å². The maximum absolute atomic E-state index is 8.58. The first-order chi connectivity index (χ1) is 6.24. The van der Waals surface area contributed by atoms with Crippen LogP contribution in [0.5, 0.6) is 0 Å². The fraction of sp³-hybridized carbons (Fsp3) is 0.400. The normalized spacial score (nSPS) is 10.1. The van der Waals surface area contributed by atoms with Crippen molar-refractivity contribution < 1.29 is 5.11 Å². The smallest absolute Gasteiger partial charge is 0.0640 e. The Labute approximate surface area is 83.5 Å². The summed E-state index contributed by atoms with van der Waals surface area (Å²) in [5, 5.41) is 12.5. The van der Waals surface area contributed by atoms with Crippen LogP contribution in [0.2, 0.25) is 5.02 Å². The van der Waals surface area contributed by atoms with Crippen molar-refractivity contribution in [2.45, 2.75) is 13.3 Å². The molecule has 0 aromatic heterocycles. The summed E-state index contributed by atoms with van der Waals surface area (Å²) in [5.41, 5.74) is 2.08.